The van der Waals surface area contributed by atoms with E-state index in [0.717, 1.165) is 50.5 Å². The highest BCUT2D eigenvalue weighted by Crippen LogP contribution is 2.22. The Labute approximate surface area is 113 Å². The number of anilines is 1. The van der Waals surface area contributed by atoms with Gasteiger partial charge in [0.2, 0.25) is 0 Å². The van der Waals surface area contributed by atoms with Gasteiger partial charge < -0.3 is 15.0 Å². The Morgan fingerprint density at radius 2 is 1.95 bits per heavy atom. The Morgan fingerprint density at radius 3 is 2.79 bits per heavy atom. The summed E-state index contributed by atoms with van der Waals surface area (Å²) in [5.74, 6) is 0. The van der Waals surface area contributed by atoms with Crippen molar-refractivity contribution in [3.05, 3.63) is 30.5 Å². The third-order valence-corrected chi connectivity index (χ3v) is 3.82. The van der Waals surface area contributed by atoms with Crippen molar-refractivity contribution in [2.75, 3.05) is 38.6 Å². The van der Waals surface area contributed by atoms with Crippen LogP contribution in [0.4, 0.5) is 5.69 Å². The molecule has 1 aromatic carbocycles. The van der Waals surface area contributed by atoms with Crippen molar-refractivity contribution in [1.82, 2.24) is 9.47 Å². The van der Waals surface area contributed by atoms with Gasteiger partial charge in [-0.15, -0.1) is 0 Å². The molecule has 3 rings (SSSR count). The minimum Gasteiger partial charge on any atom is -0.398 e. The number of benzene rings is 1. The van der Waals surface area contributed by atoms with Crippen LogP contribution in [0.25, 0.3) is 10.9 Å². The Kier molecular flexibility index (Phi) is 3.71. The van der Waals surface area contributed by atoms with Gasteiger partial charge in [0.05, 0.1) is 18.7 Å². The van der Waals surface area contributed by atoms with E-state index in [1.54, 1.807) is 0 Å². The minimum absolute atomic E-state index is 0.865. The molecule has 0 bridgehead atoms. The summed E-state index contributed by atoms with van der Waals surface area (Å²) in [5, 5.41) is 1.16. The first-order chi connectivity index (χ1) is 9.34. The molecule has 102 valence electrons. The molecule has 0 radical (unpaired) electrons. The van der Waals surface area contributed by atoms with Gasteiger partial charge in [0.15, 0.2) is 0 Å². The number of morpholine rings is 1. The molecule has 2 N–H and O–H groups in total. The molecule has 0 saturated carbocycles. The molecule has 0 amide bonds. The molecule has 0 unspecified atom stereocenters. The van der Waals surface area contributed by atoms with Crippen molar-refractivity contribution in [3.8, 4) is 0 Å². The van der Waals surface area contributed by atoms with E-state index >= 15 is 0 Å². The number of aryl methyl sites for hydroxylation is 1. The average Bonchev–Trinajstić information content (AvgIpc) is 2.85. The summed E-state index contributed by atoms with van der Waals surface area (Å²) in [5.41, 5.74) is 8.08. The summed E-state index contributed by atoms with van der Waals surface area (Å²) in [7, 11) is 0. The van der Waals surface area contributed by atoms with E-state index in [4.69, 9.17) is 10.5 Å². The highest BCUT2D eigenvalue weighted by molar-refractivity contribution is 5.91. The van der Waals surface area contributed by atoms with E-state index in [2.05, 4.69) is 27.8 Å². The number of hydrogen-bond donors (Lipinski definition) is 1. The van der Waals surface area contributed by atoms with Gasteiger partial charge in [-0.25, -0.2) is 0 Å². The molecule has 19 heavy (non-hydrogen) atoms. The first-order valence-electron chi connectivity index (χ1n) is 6.98. The van der Waals surface area contributed by atoms with E-state index < -0.39 is 0 Å². The third kappa shape index (κ3) is 2.74. The number of fused-ring (bicyclic) bond motifs is 1. The van der Waals surface area contributed by atoms with Crippen molar-refractivity contribution < 1.29 is 4.74 Å². The Balaban J connectivity index is 1.60. The lowest BCUT2D eigenvalue weighted by atomic mass is 10.2. The van der Waals surface area contributed by atoms with Crippen molar-refractivity contribution in [3.63, 3.8) is 0 Å². The number of nitrogens with two attached hydrogens (primary N) is 1. The van der Waals surface area contributed by atoms with Crippen molar-refractivity contribution in [2.45, 2.75) is 13.0 Å². The molecule has 1 aliphatic rings. The molecule has 0 aliphatic carbocycles. The largest absolute Gasteiger partial charge is 0.398 e. The molecule has 1 aromatic heterocycles. The SMILES string of the molecule is Nc1cccc2c1ccn2CCCN1CCOCC1. The molecule has 2 aromatic rings. The average molecular weight is 259 g/mol. The molecule has 1 saturated heterocycles. The fraction of sp³-hybridized carbons (Fsp3) is 0.467. The van der Waals surface area contributed by atoms with Gasteiger partial charge in [0, 0.05) is 43.4 Å². The van der Waals surface area contributed by atoms with Gasteiger partial charge in [-0.3, -0.25) is 4.90 Å². The van der Waals surface area contributed by atoms with Gasteiger partial charge >= 0.3 is 0 Å². The van der Waals surface area contributed by atoms with Crippen molar-refractivity contribution in [2.24, 2.45) is 0 Å². The smallest absolute Gasteiger partial charge is 0.0594 e. The van der Waals surface area contributed by atoms with E-state index in [1.165, 1.54) is 11.9 Å². The Hall–Kier alpha value is -1.52. The van der Waals surface area contributed by atoms with Gasteiger partial charge in [0.25, 0.3) is 0 Å². The molecule has 1 fully saturated rings. The zero-order chi connectivity index (χ0) is 13.1. The van der Waals surface area contributed by atoms with Crippen LogP contribution in [0, 0.1) is 0 Å². The number of hydrogen-bond acceptors (Lipinski definition) is 3. The Morgan fingerprint density at radius 1 is 1.11 bits per heavy atom. The van der Waals surface area contributed by atoms with Crippen LogP contribution in [-0.4, -0.2) is 42.3 Å². The molecule has 0 spiro atoms. The van der Waals surface area contributed by atoms with Crippen LogP contribution < -0.4 is 5.73 Å². The van der Waals surface area contributed by atoms with Crippen LogP contribution in [0.5, 0.6) is 0 Å². The fourth-order valence-electron chi connectivity index (χ4n) is 2.73. The van der Waals surface area contributed by atoms with Gasteiger partial charge in [-0.2, -0.15) is 0 Å². The fourth-order valence-corrected chi connectivity index (χ4v) is 2.73. The summed E-state index contributed by atoms with van der Waals surface area (Å²) in [6.07, 6.45) is 3.30. The number of ether oxygens (including phenoxy) is 1. The number of nitrogen functional groups attached to an aromatic ring is 1. The molecule has 2 heterocycles. The normalized spacial score (nSPS) is 17.1. The van der Waals surface area contributed by atoms with Crippen LogP contribution in [0.15, 0.2) is 30.5 Å². The maximum absolute atomic E-state index is 5.98. The summed E-state index contributed by atoms with van der Waals surface area (Å²) >= 11 is 0. The van der Waals surface area contributed by atoms with Crippen LogP contribution >= 0.6 is 0 Å². The lowest BCUT2D eigenvalue weighted by molar-refractivity contribution is 0.0370. The van der Waals surface area contributed by atoms with E-state index in [9.17, 15) is 0 Å². The monoisotopic (exact) mass is 259 g/mol. The van der Waals surface area contributed by atoms with Gasteiger partial charge in [-0.1, -0.05) is 6.07 Å². The van der Waals surface area contributed by atoms with E-state index in [0.29, 0.717) is 0 Å². The Bertz CT molecular complexity index is 543. The summed E-state index contributed by atoms with van der Waals surface area (Å²) < 4.78 is 7.66. The predicted molar refractivity (Wildman–Crippen MR) is 78.2 cm³/mol. The van der Waals surface area contributed by atoms with E-state index in [1.807, 2.05) is 12.1 Å². The third-order valence-electron chi connectivity index (χ3n) is 3.82. The quantitative estimate of drug-likeness (QED) is 0.853. The number of rotatable bonds is 4. The van der Waals surface area contributed by atoms with Crippen molar-refractivity contribution >= 4 is 16.6 Å². The van der Waals surface area contributed by atoms with Crippen LogP contribution in [0.3, 0.4) is 0 Å². The zero-order valence-corrected chi connectivity index (χ0v) is 11.2. The summed E-state index contributed by atoms with van der Waals surface area (Å²) in [6, 6.07) is 8.23. The molecule has 1 aliphatic heterocycles. The van der Waals surface area contributed by atoms with E-state index in [-0.39, 0.29) is 0 Å². The summed E-state index contributed by atoms with van der Waals surface area (Å²) in [6.45, 7) is 6.08. The standard InChI is InChI=1S/C15H21N3O/c16-14-3-1-4-15-13(14)5-8-18(15)7-2-6-17-9-11-19-12-10-17/h1,3-5,8H,2,6-7,9-12,16H2. The second-order valence-corrected chi connectivity index (χ2v) is 5.10. The zero-order valence-electron chi connectivity index (χ0n) is 11.2. The number of nitrogens with zero attached hydrogens (tertiary/aromatic N) is 2. The maximum atomic E-state index is 5.98. The van der Waals surface area contributed by atoms with Gasteiger partial charge in [-0.05, 0) is 24.6 Å². The maximum Gasteiger partial charge on any atom is 0.0594 e. The molecule has 0 atom stereocenters. The number of aromatic nitrogens is 1. The van der Waals surface area contributed by atoms with Crippen molar-refractivity contribution in [1.29, 1.82) is 0 Å². The molecular formula is C15H21N3O. The molecule has 4 heteroatoms. The molecule has 4 nitrogen and oxygen atoms in total. The molecular weight excluding hydrogens is 238 g/mol. The second-order valence-electron chi connectivity index (χ2n) is 5.10. The summed E-state index contributed by atoms with van der Waals surface area (Å²) in [4.78, 5) is 2.48. The topological polar surface area (TPSA) is 43.4 Å². The highest BCUT2D eigenvalue weighted by atomic mass is 16.5. The van der Waals surface area contributed by atoms with Crippen LogP contribution in [-0.2, 0) is 11.3 Å². The second kappa shape index (κ2) is 5.63. The first kappa shape index (κ1) is 12.5. The first-order valence-corrected chi connectivity index (χ1v) is 6.98. The van der Waals surface area contributed by atoms with Gasteiger partial charge in [0.1, 0.15) is 0 Å². The lowest BCUT2D eigenvalue weighted by Gasteiger charge is -2.26. The minimum atomic E-state index is 0.865. The predicted octanol–water partition coefficient (Wildman–Crippen LogP) is 1.95. The van der Waals surface area contributed by atoms with Crippen LogP contribution in [0.1, 0.15) is 6.42 Å². The highest BCUT2D eigenvalue weighted by Gasteiger charge is 2.10. The lowest BCUT2D eigenvalue weighted by Crippen LogP contribution is -2.37. The van der Waals surface area contributed by atoms with Crippen LogP contribution in [0.2, 0.25) is 0 Å².